The van der Waals surface area contributed by atoms with Gasteiger partial charge in [-0.2, -0.15) is 5.10 Å². The SMILES string of the molecule is Cc1nn(C)c(C)c1NC(=O)C(C)Sc1nnc(N2CCCC2)n1Cc1ccco1. The van der Waals surface area contributed by atoms with Crippen LogP contribution in [0.25, 0.3) is 0 Å². The summed E-state index contributed by atoms with van der Waals surface area (Å²) in [6.07, 6.45) is 3.97. The van der Waals surface area contributed by atoms with Crippen LogP contribution in [-0.4, -0.2) is 48.8 Å². The molecule has 3 aromatic heterocycles. The minimum atomic E-state index is -0.352. The van der Waals surface area contributed by atoms with E-state index in [1.807, 2.05) is 44.5 Å². The summed E-state index contributed by atoms with van der Waals surface area (Å²) in [6.45, 7) is 8.18. The third-order valence-electron chi connectivity index (χ3n) is 5.39. The van der Waals surface area contributed by atoms with Crippen molar-refractivity contribution in [3.63, 3.8) is 0 Å². The predicted octanol–water partition coefficient (Wildman–Crippen LogP) is 2.99. The molecule has 1 amide bonds. The zero-order valence-corrected chi connectivity index (χ0v) is 18.6. The van der Waals surface area contributed by atoms with Crippen LogP contribution in [0, 0.1) is 13.8 Å². The van der Waals surface area contributed by atoms with E-state index in [0.717, 1.165) is 54.7 Å². The summed E-state index contributed by atoms with van der Waals surface area (Å²) >= 11 is 1.40. The Bertz CT molecular complexity index is 1020. The van der Waals surface area contributed by atoms with E-state index in [9.17, 15) is 4.79 Å². The predicted molar refractivity (Wildman–Crippen MR) is 116 cm³/mol. The Labute approximate surface area is 179 Å². The molecule has 0 aromatic carbocycles. The Balaban J connectivity index is 1.53. The molecule has 0 radical (unpaired) electrons. The van der Waals surface area contributed by atoms with Crippen LogP contribution in [0.1, 0.15) is 36.9 Å². The second-order valence-corrected chi connectivity index (χ2v) is 8.87. The second-order valence-electron chi connectivity index (χ2n) is 7.56. The van der Waals surface area contributed by atoms with Crippen molar-refractivity contribution in [2.45, 2.75) is 50.6 Å². The number of carbonyl (C=O) groups is 1. The average molecular weight is 430 g/mol. The quantitative estimate of drug-likeness (QED) is 0.577. The van der Waals surface area contributed by atoms with Gasteiger partial charge in [0, 0.05) is 20.1 Å². The molecule has 1 aliphatic heterocycles. The molecule has 10 heteroatoms. The van der Waals surface area contributed by atoms with Gasteiger partial charge >= 0.3 is 0 Å². The molecule has 4 heterocycles. The fourth-order valence-corrected chi connectivity index (χ4v) is 4.45. The molecule has 1 unspecified atom stereocenters. The molecular weight excluding hydrogens is 402 g/mol. The molecule has 1 N–H and O–H groups in total. The maximum Gasteiger partial charge on any atom is 0.237 e. The highest BCUT2D eigenvalue weighted by molar-refractivity contribution is 8.00. The lowest BCUT2D eigenvalue weighted by Gasteiger charge is -2.18. The van der Waals surface area contributed by atoms with Gasteiger partial charge in [0.1, 0.15) is 5.76 Å². The number of rotatable bonds is 7. The van der Waals surface area contributed by atoms with Crippen molar-refractivity contribution in [3.8, 4) is 0 Å². The van der Waals surface area contributed by atoms with Gasteiger partial charge in [0.2, 0.25) is 11.9 Å². The number of nitrogens with one attached hydrogen (secondary N) is 1. The van der Waals surface area contributed by atoms with Crippen molar-refractivity contribution in [3.05, 3.63) is 35.5 Å². The van der Waals surface area contributed by atoms with Gasteiger partial charge in [0.15, 0.2) is 5.16 Å². The normalized spacial score (nSPS) is 15.0. The van der Waals surface area contributed by atoms with Gasteiger partial charge in [0.05, 0.1) is 35.1 Å². The van der Waals surface area contributed by atoms with Gasteiger partial charge in [-0.15, -0.1) is 10.2 Å². The summed E-state index contributed by atoms with van der Waals surface area (Å²) in [4.78, 5) is 15.1. The molecule has 1 fully saturated rings. The van der Waals surface area contributed by atoms with Crippen LogP contribution in [0.2, 0.25) is 0 Å². The minimum Gasteiger partial charge on any atom is -0.467 e. The fraction of sp³-hybridized carbons (Fsp3) is 0.500. The maximum absolute atomic E-state index is 12.9. The van der Waals surface area contributed by atoms with Crippen molar-refractivity contribution in [2.75, 3.05) is 23.3 Å². The van der Waals surface area contributed by atoms with Gasteiger partial charge in [-0.25, -0.2) is 0 Å². The summed E-state index contributed by atoms with van der Waals surface area (Å²) in [7, 11) is 1.87. The number of amides is 1. The lowest BCUT2D eigenvalue weighted by Crippen LogP contribution is -2.24. The third kappa shape index (κ3) is 4.09. The number of hydrogen-bond acceptors (Lipinski definition) is 7. The molecule has 160 valence electrons. The Morgan fingerprint density at radius 1 is 1.30 bits per heavy atom. The molecular formula is C20H27N7O2S. The van der Waals surface area contributed by atoms with E-state index in [2.05, 4.69) is 25.5 Å². The van der Waals surface area contributed by atoms with E-state index < -0.39 is 0 Å². The number of nitrogens with zero attached hydrogens (tertiary/aromatic N) is 6. The highest BCUT2D eigenvalue weighted by Gasteiger charge is 2.25. The van der Waals surface area contributed by atoms with Crippen LogP contribution >= 0.6 is 11.8 Å². The first-order valence-electron chi connectivity index (χ1n) is 10.1. The topological polar surface area (TPSA) is 94.0 Å². The number of hydrogen-bond donors (Lipinski definition) is 1. The number of thioether (sulfide) groups is 1. The van der Waals surface area contributed by atoms with E-state index in [4.69, 9.17) is 4.42 Å². The summed E-state index contributed by atoms with van der Waals surface area (Å²) in [5, 5.41) is 16.6. The van der Waals surface area contributed by atoms with E-state index in [-0.39, 0.29) is 11.2 Å². The van der Waals surface area contributed by atoms with Gasteiger partial charge in [0.25, 0.3) is 0 Å². The Kier molecular flexibility index (Phi) is 5.85. The highest BCUT2D eigenvalue weighted by atomic mass is 32.2. The number of aromatic nitrogens is 5. The number of anilines is 2. The summed E-state index contributed by atoms with van der Waals surface area (Å²) < 4.78 is 9.36. The second kappa shape index (κ2) is 8.55. The van der Waals surface area contributed by atoms with Crippen molar-refractivity contribution < 1.29 is 9.21 Å². The number of furan rings is 1. The van der Waals surface area contributed by atoms with Gasteiger partial charge in [-0.1, -0.05) is 11.8 Å². The average Bonchev–Trinajstić information content (AvgIpc) is 3.50. The van der Waals surface area contributed by atoms with Gasteiger partial charge in [-0.05, 0) is 45.7 Å². The van der Waals surface area contributed by atoms with E-state index in [0.29, 0.717) is 11.7 Å². The summed E-state index contributed by atoms with van der Waals surface area (Å²) in [5.74, 6) is 1.57. The van der Waals surface area contributed by atoms with E-state index in [1.54, 1.807) is 10.9 Å². The summed E-state index contributed by atoms with van der Waals surface area (Å²) in [5.41, 5.74) is 2.50. The molecule has 0 saturated carbocycles. The monoisotopic (exact) mass is 429 g/mol. The Hall–Kier alpha value is -2.75. The first-order valence-corrected chi connectivity index (χ1v) is 11.0. The molecule has 0 spiro atoms. The van der Waals surface area contributed by atoms with Crippen LogP contribution < -0.4 is 10.2 Å². The fourth-order valence-electron chi connectivity index (χ4n) is 3.61. The third-order valence-corrected chi connectivity index (χ3v) is 6.47. The van der Waals surface area contributed by atoms with Gasteiger partial charge < -0.3 is 14.6 Å². The Morgan fingerprint density at radius 2 is 2.07 bits per heavy atom. The summed E-state index contributed by atoms with van der Waals surface area (Å²) in [6, 6.07) is 3.81. The molecule has 4 rings (SSSR count). The highest BCUT2D eigenvalue weighted by Crippen LogP contribution is 2.29. The van der Waals surface area contributed by atoms with Crippen LogP contribution in [0.5, 0.6) is 0 Å². The molecule has 0 bridgehead atoms. The molecule has 1 saturated heterocycles. The minimum absolute atomic E-state index is 0.0885. The van der Waals surface area contributed by atoms with E-state index in [1.165, 1.54) is 11.8 Å². The first-order chi connectivity index (χ1) is 14.4. The molecule has 0 aliphatic carbocycles. The van der Waals surface area contributed by atoms with Crippen molar-refractivity contribution in [2.24, 2.45) is 7.05 Å². The zero-order valence-electron chi connectivity index (χ0n) is 17.8. The lowest BCUT2D eigenvalue weighted by atomic mass is 10.3. The zero-order chi connectivity index (χ0) is 21.3. The van der Waals surface area contributed by atoms with Crippen molar-refractivity contribution in [1.29, 1.82) is 0 Å². The lowest BCUT2D eigenvalue weighted by molar-refractivity contribution is -0.115. The molecule has 3 aromatic rings. The van der Waals surface area contributed by atoms with E-state index >= 15 is 0 Å². The van der Waals surface area contributed by atoms with Crippen LogP contribution in [0.3, 0.4) is 0 Å². The largest absolute Gasteiger partial charge is 0.467 e. The van der Waals surface area contributed by atoms with Crippen LogP contribution in [0.4, 0.5) is 11.6 Å². The molecule has 9 nitrogen and oxygen atoms in total. The van der Waals surface area contributed by atoms with Gasteiger partial charge in [-0.3, -0.25) is 14.0 Å². The standard InChI is InChI=1S/C20H27N7O2S/c1-13-17(14(2)25(4)24-13)21-18(28)15(3)30-20-23-22-19(26-9-5-6-10-26)27(20)12-16-8-7-11-29-16/h7-8,11,15H,5-6,9-10,12H2,1-4H3,(H,21,28). The van der Waals surface area contributed by atoms with Crippen molar-refractivity contribution in [1.82, 2.24) is 24.5 Å². The first kappa shape index (κ1) is 20.5. The molecule has 1 aliphatic rings. The van der Waals surface area contributed by atoms with Crippen LogP contribution in [-0.2, 0) is 18.4 Å². The molecule has 1 atom stereocenters. The van der Waals surface area contributed by atoms with Crippen LogP contribution in [0.15, 0.2) is 28.0 Å². The number of carbonyl (C=O) groups excluding carboxylic acids is 1. The molecule has 30 heavy (non-hydrogen) atoms. The maximum atomic E-state index is 12.9. The number of aryl methyl sites for hydroxylation is 2. The van der Waals surface area contributed by atoms with Crippen molar-refractivity contribution >= 4 is 29.3 Å². The Morgan fingerprint density at radius 3 is 2.70 bits per heavy atom. The smallest absolute Gasteiger partial charge is 0.237 e.